The molecule has 0 radical (unpaired) electrons. The molecule has 2 N–H and O–H groups in total. The Bertz CT molecular complexity index is 637. The Labute approximate surface area is 139 Å². The lowest BCUT2D eigenvalue weighted by Gasteiger charge is -2.07. The molecule has 0 unspecified atom stereocenters. The molecule has 0 spiro atoms. The number of alkyl halides is 2. The largest absolute Gasteiger partial charge is 0.435 e. The fraction of sp³-hybridized carbons (Fsp3) is 0.308. The summed E-state index contributed by atoms with van der Waals surface area (Å²) in [6, 6.07) is 5.72. The molecule has 2 rings (SSSR count). The zero-order valence-corrected chi connectivity index (χ0v) is 13.7. The van der Waals surface area contributed by atoms with E-state index in [1.54, 1.807) is 0 Å². The topological polar surface area (TPSA) is 76.1 Å². The van der Waals surface area contributed by atoms with Gasteiger partial charge in [-0.2, -0.15) is 8.78 Å². The maximum Gasteiger partial charge on any atom is 0.387 e. The molecule has 6 nitrogen and oxygen atoms in total. The van der Waals surface area contributed by atoms with Gasteiger partial charge < -0.3 is 15.4 Å². The van der Waals surface area contributed by atoms with E-state index >= 15 is 0 Å². The Morgan fingerprint density at radius 1 is 1.35 bits per heavy atom. The molecule has 2 aromatic rings. The number of carbonyl (C=O) groups is 1. The van der Waals surface area contributed by atoms with E-state index in [9.17, 15) is 13.6 Å². The Morgan fingerprint density at radius 2 is 2.09 bits per heavy atom. The van der Waals surface area contributed by atoms with E-state index in [0.29, 0.717) is 15.2 Å². The molecule has 1 amide bonds. The molecule has 0 aliphatic rings. The fourth-order valence-electron chi connectivity index (χ4n) is 1.53. The van der Waals surface area contributed by atoms with E-state index in [1.165, 1.54) is 47.4 Å². The molecule has 0 bridgehead atoms. The van der Waals surface area contributed by atoms with Crippen molar-refractivity contribution in [2.75, 3.05) is 22.9 Å². The standard InChI is InChI=1S/C13H14F2N4O2S2/c1-2-16-12-18-19-13(23-12)22-7-10(20)17-8-3-5-9(6-4-8)21-11(14)15/h3-6,11H,2,7H2,1H3,(H,16,18)(H,17,20). The molecule has 0 aliphatic carbocycles. The van der Waals surface area contributed by atoms with Gasteiger partial charge in [0.2, 0.25) is 11.0 Å². The van der Waals surface area contributed by atoms with Crippen LogP contribution in [0, 0.1) is 0 Å². The van der Waals surface area contributed by atoms with Gasteiger partial charge in [0.1, 0.15) is 5.75 Å². The lowest BCUT2D eigenvalue weighted by molar-refractivity contribution is -0.113. The van der Waals surface area contributed by atoms with E-state index in [2.05, 4.69) is 25.6 Å². The van der Waals surface area contributed by atoms with Gasteiger partial charge in [0, 0.05) is 12.2 Å². The molecule has 0 aliphatic heterocycles. The van der Waals surface area contributed by atoms with Gasteiger partial charge >= 0.3 is 6.61 Å². The summed E-state index contributed by atoms with van der Waals surface area (Å²) in [4.78, 5) is 11.8. The number of benzene rings is 1. The number of hydrogen-bond acceptors (Lipinski definition) is 7. The number of rotatable bonds is 8. The summed E-state index contributed by atoms with van der Waals surface area (Å²) in [6.07, 6.45) is 0. The van der Waals surface area contributed by atoms with Gasteiger partial charge in [0.05, 0.1) is 5.75 Å². The number of halogens is 2. The van der Waals surface area contributed by atoms with Gasteiger partial charge in [-0.1, -0.05) is 23.1 Å². The smallest absolute Gasteiger partial charge is 0.387 e. The molecule has 1 heterocycles. The Morgan fingerprint density at radius 3 is 2.74 bits per heavy atom. The first-order chi connectivity index (χ1) is 11.1. The number of aromatic nitrogens is 2. The summed E-state index contributed by atoms with van der Waals surface area (Å²) < 4.78 is 29.0. The van der Waals surface area contributed by atoms with Gasteiger partial charge in [-0.25, -0.2) is 0 Å². The van der Waals surface area contributed by atoms with Crippen molar-refractivity contribution in [1.29, 1.82) is 0 Å². The van der Waals surface area contributed by atoms with Crippen molar-refractivity contribution < 1.29 is 18.3 Å². The predicted molar refractivity (Wildman–Crippen MR) is 86.5 cm³/mol. The first-order valence-electron chi connectivity index (χ1n) is 6.61. The van der Waals surface area contributed by atoms with Gasteiger partial charge in [0.25, 0.3) is 0 Å². The van der Waals surface area contributed by atoms with Crippen molar-refractivity contribution in [1.82, 2.24) is 10.2 Å². The van der Waals surface area contributed by atoms with Gasteiger partial charge in [-0.15, -0.1) is 10.2 Å². The summed E-state index contributed by atoms with van der Waals surface area (Å²) >= 11 is 2.65. The molecular weight excluding hydrogens is 346 g/mol. The Balaban J connectivity index is 1.79. The molecule has 10 heteroatoms. The highest BCUT2D eigenvalue weighted by atomic mass is 32.2. The van der Waals surface area contributed by atoms with E-state index in [-0.39, 0.29) is 17.4 Å². The third-order valence-electron chi connectivity index (χ3n) is 2.42. The molecule has 1 aromatic carbocycles. The second-order valence-electron chi connectivity index (χ2n) is 4.14. The summed E-state index contributed by atoms with van der Waals surface area (Å²) in [7, 11) is 0. The van der Waals surface area contributed by atoms with E-state index < -0.39 is 6.61 Å². The minimum Gasteiger partial charge on any atom is -0.435 e. The number of nitrogens with zero attached hydrogens (tertiary/aromatic N) is 2. The maximum atomic E-state index is 12.0. The van der Waals surface area contributed by atoms with Gasteiger partial charge in [-0.3, -0.25) is 4.79 Å². The zero-order chi connectivity index (χ0) is 16.7. The summed E-state index contributed by atoms with van der Waals surface area (Å²) in [5, 5.41) is 14.3. The molecule has 0 fully saturated rings. The highest BCUT2D eigenvalue weighted by Crippen LogP contribution is 2.25. The van der Waals surface area contributed by atoms with Crippen LogP contribution in [-0.4, -0.2) is 35.0 Å². The molecular formula is C13H14F2N4O2S2. The van der Waals surface area contributed by atoms with E-state index in [0.717, 1.165) is 6.54 Å². The number of anilines is 2. The van der Waals surface area contributed by atoms with Crippen molar-refractivity contribution in [3.8, 4) is 5.75 Å². The molecule has 0 saturated heterocycles. The Hall–Kier alpha value is -1.94. The third kappa shape index (κ3) is 5.99. The number of amides is 1. The number of hydrogen-bond donors (Lipinski definition) is 2. The van der Waals surface area contributed by atoms with Crippen LogP contribution in [-0.2, 0) is 4.79 Å². The quantitative estimate of drug-likeness (QED) is 0.704. The maximum absolute atomic E-state index is 12.0. The minimum atomic E-state index is -2.87. The zero-order valence-electron chi connectivity index (χ0n) is 12.1. The first kappa shape index (κ1) is 17.4. The summed E-state index contributed by atoms with van der Waals surface area (Å²) in [5.74, 6) is -0.00863. The van der Waals surface area contributed by atoms with Crippen molar-refractivity contribution in [2.24, 2.45) is 0 Å². The van der Waals surface area contributed by atoms with Crippen molar-refractivity contribution in [2.45, 2.75) is 17.9 Å². The summed E-state index contributed by atoms with van der Waals surface area (Å²) in [5.41, 5.74) is 0.503. The van der Waals surface area contributed by atoms with Crippen LogP contribution in [0.25, 0.3) is 0 Å². The van der Waals surface area contributed by atoms with Crippen molar-refractivity contribution in [3.63, 3.8) is 0 Å². The summed E-state index contributed by atoms with van der Waals surface area (Å²) in [6.45, 7) is -0.157. The van der Waals surface area contributed by atoms with E-state index in [1.807, 2.05) is 6.92 Å². The van der Waals surface area contributed by atoms with Crippen LogP contribution < -0.4 is 15.4 Å². The van der Waals surface area contributed by atoms with Gasteiger partial charge in [-0.05, 0) is 31.2 Å². The SMILES string of the molecule is CCNc1nnc(SCC(=O)Nc2ccc(OC(F)F)cc2)s1. The van der Waals surface area contributed by atoms with Crippen LogP contribution in [0.5, 0.6) is 5.75 Å². The van der Waals surface area contributed by atoms with Crippen LogP contribution in [0.4, 0.5) is 19.6 Å². The van der Waals surface area contributed by atoms with E-state index in [4.69, 9.17) is 0 Å². The van der Waals surface area contributed by atoms with Crippen molar-refractivity contribution >= 4 is 39.8 Å². The molecule has 0 atom stereocenters. The van der Waals surface area contributed by atoms with Crippen LogP contribution in [0.3, 0.4) is 0 Å². The predicted octanol–water partition coefficient (Wildman–Crippen LogP) is 3.30. The molecule has 124 valence electrons. The van der Waals surface area contributed by atoms with Crippen LogP contribution in [0.2, 0.25) is 0 Å². The number of carbonyl (C=O) groups excluding carboxylic acids is 1. The molecule has 23 heavy (non-hydrogen) atoms. The number of thioether (sulfide) groups is 1. The molecule has 1 aromatic heterocycles. The van der Waals surface area contributed by atoms with Crippen LogP contribution in [0.15, 0.2) is 28.6 Å². The third-order valence-corrected chi connectivity index (χ3v) is 4.44. The van der Waals surface area contributed by atoms with Gasteiger partial charge in [0.15, 0.2) is 4.34 Å². The van der Waals surface area contributed by atoms with Crippen LogP contribution >= 0.6 is 23.1 Å². The normalized spacial score (nSPS) is 10.6. The number of nitrogens with one attached hydrogen (secondary N) is 2. The highest BCUT2D eigenvalue weighted by Gasteiger charge is 2.09. The average Bonchev–Trinajstić information content (AvgIpc) is 2.95. The number of ether oxygens (including phenoxy) is 1. The Kier molecular flexibility index (Phi) is 6.53. The lowest BCUT2D eigenvalue weighted by Crippen LogP contribution is -2.13. The van der Waals surface area contributed by atoms with Crippen molar-refractivity contribution in [3.05, 3.63) is 24.3 Å². The monoisotopic (exact) mass is 360 g/mol. The average molecular weight is 360 g/mol. The minimum absolute atomic E-state index is 0.0391. The highest BCUT2D eigenvalue weighted by molar-refractivity contribution is 8.01. The second-order valence-corrected chi connectivity index (χ2v) is 6.34. The first-order valence-corrected chi connectivity index (χ1v) is 8.42. The lowest BCUT2D eigenvalue weighted by atomic mass is 10.3. The molecule has 0 saturated carbocycles. The van der Waals surface area contributed by atoms with Crippen LogP contribution in [0.1, 0.15) is 6.92 Å². The fourth-order valence-corrected chi connectivity index (χ4v) is 3.15. The second kappa shape index (κ2) is 8.63.